The van der Waals surface area contributed by atoms with Gasteiger partial charge in [0.2, 0.25) is 5.96 Å². The van der Waals surface area contributed by atoms with Crippen molar-refractivity contribution in [3.63, 3.8) is 0 Å². The van der Waals surface area contributed by atoms with Gasteiger partial charge < -0.3 is 15.8 Å². The highest BCUT2D eigenvalue weighted by Gasteiger charge is 2.06. The zero-order valence-corrected chi connectivity index (χ0v) is 12.9. The number of nitrogens with one attached hydrogen (secondary N) is 2. The number of methoxy groups -OCH3 is 1. The van der Waals surface area contributed by atoms with Crippen molar-refractivity contribution in [2.75, 3.05) is 13.7 Å². The molecule has 0 saturated heterocycles. The molecule has 116 valence electrons. The van der Waals surface area contributed by atoms with Crippen molar-refractivity contribution in [2.24, 2.45) is 10.7 Å². The Bertz CT molecular complexity index is 495. The van der Waals surface area contributed by atoms with E-state index in [1.165, 1.54) is 0 Å². The van der Waals surface area contributed by atoms with Gasteiger partial charge in [0.15, 0.2) is 0 Å². The monoisotopic (exact) mass is 313 g/mol. The third-order valence-corrected chi connectivity index (χ3v) is 2.96. The van der Waals surface area contributed by atoms with Gasteiger partial charge in [-0.2, -0.15) is 0 Å². The number of carbonyl (C=O) groups is 1. The minimum atomic E-state index is -0.683. The molecule has 0 aromatic carbocycles. The van der Waals surface area contributed by atoms with Gasteiger partial charge in [-0.3, -0.25) is 15.3 Å². The van der Waals surface area contributed by atoms with E-state index in [0.29, 0.717) is 18.0 Å². The zero-order chi connectivity index (χ0) is 15.7. The summed E-state index contributed by atoms with van der Waals surface area (Å²) in [6.45, 7) is 2.28. The Labute approximate surface area is 128 Å². The predicted octanol–water partition coefficient (Wildman–Crippen LogP) is 1.27. The molecule has 0 aliphatic heterocycles. The van der Waals surface area contributed by atoms with Crippen LogP contribution in [0.1, 0.15) is 19.0 Å². The van der Waals surface area contributed by atoms with E-state index in [1.807, 2.05) is 0 Å². The molecule has 1 aromatic rings. The van der Waals surface area contributed by atoms with Crippen LogP contribution in [0.2, 0.25) is 5.02 Å². The topological polar surface area (TPSA) is 102 Å². The zero-order valence-electron chi connectivity index (χ0n) is 12.1. The molecule has 0 aliphatic carbocycles. The van der Waals surface area contributed by atoms with E-state index in [9.17, 15) is 4.79 Å². The van der Waals surface area contributed by atoms with E-state index in [2.05, 4.69) is 20.6 Å². The maximum absolute atomic E-state index is 10.9. The van der Waals surface area contributed by atoms with Crippen LogP contribution in [0, 0.1) is 0 Å². The second kappa shape index (κ2) is 9.15. The van der Waals surface area contributed by atoms with Crippen molar-refractivity contribution in [2.45, 2.75) is 26.0 Å². The van der Waals surface area contributed by atoms with Crippen molar-refractivity contribution in [1.82, 2.24) is 15.6 Å². The van der Waals surface area contributed by atoms with Gasteiger partial charge >= 0.3 is 6.03 Å². The van der Waals surface area contributed by atoms with Crippen LogP contribution in [0.4, 0.5) is 4.79 Å². The summed E-state index contributed by atoms with van der Waals surface area (Å²) in [5.41, 5.74) is 5.92. The van der Waals surface area contributed by atoms with Crippen LogP contribution in [0.5, 0.6) is 0 Å². The fraction of sp³-hybridized carbons (Fsp3) is 0.462. The number of rotatable bonds is 6. The highest BCUT2D eigenvalue weighted by molar-refractivity contribution is 6.31. The first-order valence-electron chi connectivity index (χ1n) is 6.52. The van der Waals surface area contributed by atoms with Crippen LogP contribution in [0.15, 0.2) is 23.3 Å². The molecule has 21 heavy (non-hydrogen) atoms. The Balaban J connectivity index is 2.49. The van der Waals surface area contributed by atoms with Crippen LogP contribution < -0.4 is 16.4 Å². The summed E-state index contributed by atoms with van der Waals surface area (Å²) >= 11 is 6.02. The van der Waals surface area contributed by atoms with Gasteiger partial charge in [0.05, 0.1) is 10.7 Å². The quantitative estimate of drug-likeness (QED) is 0.318. The molecule has 0 radical (unpaired) electrons. The summed E-state index contributed by atoms with van der Waals surface area (Å²) in [7, 11) is 1.54. The third-order valence-electron chi connectivity index (χ3n) is 2.61. The number of primary amides is 1. The van der Waals surface area contributed by atoms with Gasteiger partial charge in [0.25, 0.3) is 0 Å². The summed E-state index contributed by atoms with van der Waals surface area (Å²) in [4.78, 5) is 19.3. The number of carbonyl (C=O) groups excluding carboxylic acids is 1. The maximum atomic E-state index is 10.9. The number of guanidine groups is 1. The Hall–Kier alpha value is -1.86. The van der Waals surface area contributed by atoms with Crippen LogP contribution in [0.3, 0.4) is 0 Å². The lowest BCUT2D eigenvalue weighted by Crippen LogP contribution is -2.47. The minimum Gasteiger partial charge on any atom is -0.362 e. The molecule has 0 fully saturated rings. The average Bonchev–Trinajstić information content (AvgIpc) is 2.44. The molecular formula is C13H20ClN5O2. The van der Waals surface area contributed by atoms with Gasteiger partial charge in [0.1, 0.15) is 6.23 Å². The molecule has 0 saturated carbocycles. The Morgan fingerprint density at radius 2 is 2.38 bits per heavy atom. The van der Waals surface area contributed by atoms with Gasteiger partial charge in [-0.25, -0.2) is 4.79 Å². The number of aryl methyl sites for hydroxylation is 1. The molecule has 0 spiro atoms. The molecule has 2 amide bonds. The van der Waals surface area contributed by atoms with Crippen LogP contribution >= 0.6 is 11.6 Å². The van der Waals surface area contributed by atoms with E-state index >= 15 is 0 Å². The maximum Gasteiger partial charge on any atom is 0.318 e. The largest absolute Gasteiger partial charge is 0.362 e. The molecule has 1 rings (SSSR count). The standard InChI is InChI=1S/C13H20ClN5O2/c1-9(21-2)18-13(19-12(15)20)17-8-4-6-11-10(14)5-3-7-16-11/h3,5,7,9H,4,6,8H2,1-2H3,(H4,15,17,18,19,20). The molecule has 8 heteroatoms. The van der Waals surface area contributed by atoms with Crippen molar-refractivity contribution < 1.29 is 9.53 Å². The van der Waals surface area contributed by atoms with Crippen molar-refractivity contribution in [3.8, 4) is 0 Å². The second-order valence-electron chi connectivity index (χ2n) is 4.28. The molecule has 1 atom stereocenters. The summed E-state index contributed by atoms with van der Waals surface area (Å²) in [5, 5.41) is 5.94. The predicted molar refractivity (Wildman–Crippen MR) is 82.2 cm³/mol. The summed E-state index contributed by atoms with van der Waals surface area (Å²) in [6.07, 6.45) is 2.85. The first kappa shape index (κ1) is 17.2. The van der Waals surface area contributed by atoms with E-state index < -0.39 is 6.03 Å². The molecule has 0 bridgehead atoms. The van der Waals surface area contributed by atoms with Crippen LogP contribution in [0.25, 0.3) is 0 Å². The van der Waals surface area contributed by atoms with Gasteiger partial charge in [0, 0.05) is 19.9 Å². The normalized spacial score (nSPS) is 12.8. The number of aromatic nitrogens is 1. The number of nitrogens with two attached hydrogens (primary N) is 1. The van der Waals surface area contributed by atoms with Crippen LogP contribution in [-0.2, 0) is 11.2 Å². The summed E-state index contributed by atoms with van der Waals surface area (Å²) in [6, 6.07) is 2.90. The fourth-order valence-corrected chi connectivity index (χ4v) is 1.75. The number of pyridine rings is 1. The van der Waals surface area contributed by atoms with E-state index in [1.54, 1.807) is 32.4 Å². The lowest BCUT2D eigenvalue weighted by Gasteiger charge is -2.15. The number of hydrogen-bond donors (Lipinski definition) is 3. The van der Waals surface area contributed by atoms with Crippen molar-refractivity contribution >= 4 is 23.6 Å². The highest BCUT2D eigenvalue weighted by Crippen LogP contribution is 2.13. The SMILES string of the molecule is COC(C)NC(=NCCCc1ncccc1Cl)NC(N)=O. The van der Waals surface area contributed by atoms with E-state index in [-0.39, 0.29) is 12.2 Å². The first-order valence-corrected chi connectivity index (χ1v) is 6.90. The van der Waals surface area contributed by atoms with Gasteiger partial charge in [-0.15, -0.1) is 0 Å². The summed E-state index contributed by atoms with van der Waals surface area (Å²) in [5.74, 6) is 0.281. The second-order valence-corrected chi connectivity index (χ2v) is 4.68. The fourth-order valence-electron chi connectivity index (χ4n) is 1.53. The lowest BCUT2D eigenvalue weighted by molar-refractivity contribution is 0.106. The molecule has 1 unspecified atom stereocenters. The van der Waals surface area contributed by atoms with E-state index in [4.69, 9.17) is 22.1 Å². The van der Waals surface area contributed by atoms with E-state index in [0.717, 1.165) is 12.1 Å². The third kappa shape index (κ3) is 6.92. The number of urea groups is 1. The number of halogens is 1. The highest BCUT2D eigenvalue weighted by atomic mass is 35.5. The average molecular weight is 314 g/mol. The summed E-state index contributed by atoms with van der Waals surface area (Å²) < 4.78 is 5.04. The number of ether oxygens (including phenoxy) is 1. The smallest absolute Gasteiger partial charge is 0.318 e. The molecule has 1 aromatic heterocycles. The molecule has 7 nitrogen and oxygen atoms in total. The molecular weight excluding hydrogens is 294 g/mol. The minimum absolute atomic E-state index is 0.281. The molecule has 1 heterocycles. The first-order chi connectivity index (χ1) is 10.0. The molecule has 0 aliphatic rings. The Kier molecular flexibility index (Phi) is 7.49. The van der Waals surface area contributed by atoms with Gasteiger partial charge in [-0.05, 0) is 31.9 Å². The number of hydrogen-bond acceptors (Lipinski definition) is 4. The number of amides is 2. The van der Waals surface area contributed by atoms with Crippen LogP contribution in [-0.4, -0.2) is 36.9 Å². The Morgan fingerprint density at radius 3 is 3.00 bits per heavy atom. The number of nitrogens with zero attached hydrogens (tertiary/aromatic N) is 2. The van der Waals surface area contributed by atoms with Gasteiger partial charge in [-0.1, -0.05) is 11.6 Å². The Morgan fingerprint density at radius 1 is 1.62 bits per heavy atom. The van der Waals surface area contributed by atoms with Crippen molar-refractivity contribution in [1.29, 1.82) is 0 Å². The number of aliphatic imine (C=N–C) groups is 1. The molecule has 4 N–H and O–H groups in total. The van der Waals surface area contributed by atoms with Crippen molar-refractivity contribution in [3.05, 3.63) is 29.0 Å². The lowest BCUT2D eigenvalue weighted by atomic mass is 10.2.